The van der Waals surface area contributed by atoms with E-state index >= 15 is 0 Å². The summed E-state index contributed by atoms with van der Waals surface area (Å²) in [6, 6.07) is 2.05. The molecule has 22 nitrogen and oxygen atoms in total. The smallest absolute Gasteiger partial charge is 0.475 e. The van der Waals surface area contributed by atoms with E-state index in [0.717, 1.165) is 0 Å². The van der Waals surface area contributed by atoms with E-state index in [4.69, 9.17) is 0 Å². The Bertz CT molecular complexity index is 1520. The second kappa shape index (κ2) is 27.2. The average Bonchev–Trinajstić information content (AvgIpc) is 3.66. The molecule has 3 heterocycles. The summed E-state index contributed by atoms with van der Waals surface area (Å²) >= 11 is 0. The molecule has 2 saturated heterocycles. The third kappa shape index (κ3) is 19.9. The molecule has 59 heavy (non-hydrogen) atoms. The van der Waals surface area contributed by atoms with Crippen LogP contribution in [0.15, 0.2) is 18.3 Å². The Morgan fingerprint density at radius 2 is 1.27 bits per heavy atom. The number of carbonyl (C=O) groups is 7. The van der Waals surface area contributed by atoms with Gasteiger partial charge in [-0.15, -0.1) is 0 Å². The van der Waals surface area contributed by atoms with Crippen LogP contribution in [0.3, 0.4) is 0 Å². The van der Waals surface area contributed by atoms with Crippen molar-refractivity contribution in [2.75, 3.05) is 97.1 Å². The Morgan fingerprint density at radius 3 is 1.75 bits per heavy atom. The predicted octanol–water partition coefficient (Wildman–Crippen LogP) is -3.20. The number of pyridine rings is 1. The Hall–Kier alpha value is -3.70. The van der Waals surface area contributed by atoms with E-state index in [1.54, 1.807) is 14.7 Å². The minimum atomic E-state index is -1.66. The van der Waals surface area contributed by atoms with E-state index in [1.807, 2.05) is 4.90 Å². The first-order chi connectivity index (χ1) is 27.6. The molecule has 0 spiro atoms. The van der Waals surface area contributed by atoms with Crippen molar-refractivity contribution in [3.63, 3.8) is 0 Å². The van der Waals surface area contributed by atoms with Crippen LogP contribution >= 0.6 is 0 Å². The Balaban J connectivity index is 0.0000120. The van der Waals surface area contributed by atoms with E-state index in [2.05, 4.69) is 26.5 Å². The summed E-state index contributed by atoms with van der Waals surface area (Å²) in [5.41, 5.74) is 5.40. The van der Waals surface area contributed by atoms with Gasteiger partial charge in [-0.1, -0.05) is 6.42 Å². The maximum absolute atomic E-state index is 12.9. The maximum atomic E-state index is 12.9. The zero-order valence-electron chi connectivity index (χ0n) is 33.1. The molecule has 4 amide bonds. The molecule has 24 heteroatoms. The van der Waals surface area contributed by atoms with Crippen molar-refractivity contribution >= 4 is 54.5 Å². The second-order valence-corrected chi connectivity index (χ2v) is 14.4. The monoisotopic (exact) mass is 995 g/mol. The molecule has 2 atom stereocenters. The molecule has 3 rings (SSSR count). The zero-order chi connectivity index (χ0) is 42.6. The van der Waals surface area contributed by atoms with Gasteiger partial charge in [-0.25, -0.2) is 4.98 Å². The maximum Gasteiger partial charge on any atom is 0.475 e. The molecule has 2 aliphatic rings. The minimum Gasteiger partial charge on any atom is -0.480 e. The molecule has 1 aromatic heterocycles. The number of hydrogen-bond acceptors (Lipinski definition) is 15. The van der Waals surface area contributed by atoms with Crippen LogP contribution in [0.25, 0.3) is 0 Å². The Labute approximate surface area is 372 Å². The summed E-state index contributed by atoms with van der Waals surface area (Å²) in [4.78, 5) is 97.4. The Kier molecular flexibility index (Phi) is 23.7. The van der Waals surface area contributed by atoms with Gasteiger partial charge in [-0.2, -0.15) is 0 Å². The van der Waals surface area contributed by atoms with Gasteiger partial charge in [-0.3, -0.25) is 64.0 Å². The summed E-state index contributed by atoms with van der Waals surface area (Å²) in [5, 5.41) is 52.6. The number of anilines is 1. The molecule has 0 aliphatic carbocycles. The molecule has 0 unspecified atom stereocenters. The van der Waals surface area contributed by atoms with E-state index in [9.17, 15) is 58.9 Å². The van der Waals surface area contributed by atoms with Crippen molar-refractivity contribution in [1.29, 1.82) is 0 Å². The summed E-state index contributed by atoms with van der Waals surface area (Å²) in [5.74, 6) is -5.06. The molecule has 2 fully saturated rings. The van der Waals surface area contributed by atoms with Gasteiger partial charge in [0.25, 0.3) is 5.91 Å². The number of unbranched alkanes of at least 4 members (excludes halogenated alkanes) is 2. The van der Waals surface area contributed by atoms with Crippen molar-refractivity contribution in [3.8, 4) is 0 Å². The minimum absolute atomic E-state index is 0. The number of carboxylic acid groups (broad SMARTS) is 3. The third-order valence-electron chi connectivity index (χ3n) is 9.78. The van der Waals surface area contributed by atoms with E-state index in [1.165, 1.54) is 30.2 Å². The van der Waals surface area contributed by atoms with Crippen LogP contribution in [0.4, 0.5) is 5.82 Å². The van der Waals surface area contributed by atoms with Crippen LogP contribution in [-0.4, -0.2) is 207 Å². The number of nitrogens with one attached hydrogen (secondary N) is 4. The summed E-state index contributed by atoms with van der Waals surface area (Å²) in [6.45, 7) is 3.88. The van der Waals surface area contributed by atoms with Crippen molar-refractivity contribution in [2.24, 2.45) is 0 Å². The number of carboxylic acids is 3. The van der Waals surface area contributed by atoms with Crippen molar-refractivity contribution in [3.05, 3.63) is 23.9 Å². The fourth-order valence-electron chi connectivity index (χ4n) is 6.62. The number of carbonyl (C=O) groups excluding carboxylic acids is 4. The van der Waals surface area contributed by atoms with Crippen molar-refractivity contribution in [2.45, 2.75) is 57.4 Å². The molecule has 9 N–H and O–H groups in total. The summed E-state index contributed by atoms with van der Waals surface area (Å²) in [7, 11) is -1.66. The quantitative estimate of drug-likeness (QED) is 0.0353. The molecule has 2 aliphatic heterocycles. The molecule has 0 bridgehead atoms. The number of hydrazine groups is 1. The Morgan fingerprint density at radius 1 is 0.746 bits per heavy atom. The van der Waals surface area contributed by atoms with Gasteiger partial charge in [0.15, 0.2) is 0 Å². The normalized spacial score (nSPS) is 17.9. The number of aliphatic carboxylic acids is 3. The zero-order valence-corrected chi connectivity index (χ0v) is 34.8. The topological polar surface area (TPSA) is 298 Å². The molecular formula is C35H57BLuN10O12. The van der Waals surface area contributed by atoms with Crippen molar-refractivity contribution < 1.29 is 95.8 Å². The van der Waals surface area contributed by atoms with Crippen LogP contribution in [0, 0.1) is 36.9 Å². The largest absolute Gasteiger partial charge is 0.480 e. The van der Waals surface area contributed by atoms with Gasteiger partial charge in [0.1, 0.15) is 11.9 Å². The van der Waals surface area contributed by atoms with E-state index < -0.39 is 48.8 Å². The first kappa shape index (κ1) is 51.4. The number of likely N-dealkylation sites (tertiary alicyclic amines) is 1. The third-order valence-corrected chi connectivity index (χ3v) is 9.78. The molecule has 0 aromatic carbocycles. The fourth-order valence-corrected chi connectivity index (χ4v) is 6.62. The molecule has 1 aromatic rings. The standard InChI is InChI=1S/C35H57BN10O12.Lu/c1-25(35(56)46-11-5-6-27(46)36(57)58)39-34(55)26-8-9-28(38-20-26)40-41-29(47)7-3-2-4-10-37-30(48)21-42-12-14-43(22-31(49)50)16-18-45(24-33(53)54)19-17-44(15-13-42)23-32(51)52;/h8-9,20,25,27,57-58H,2-7,10-19,21-24H2,1H3,(H,37,48)(H,38,40)(H,39,55)(H,41,47)(H,49,50)(H,51,52)(H,53,54);/t25-,27+;/m1./s1. The number of hydrogen-bond donors (Lipinski definition) is 9. The van der Waals surface area contributed by atoms with Crippen LogP contribution in [0.1, 0.15) is 55.8 Å². The van der Waals surface area contributed by atoms with Crippen LogP contribution in [0.5, 0.6) is 0 Å². The van der Waals surface area contributed by atoms with Crippen LogP contribution < -0.4 is 21.5 Å². The molecular weight excluding hydrogens is 938 g/mol. The van der Waals surface area contributed by atoms with Gasteiger partial charge < -0.3 is 40.9 Å². The number of nitrogens with zero attached hydrogens (tertiary/aromatic N) is 6. The van der Waals surface area contributed by atoms with Gasteiger partial charge in [0, 0.05) is 115 Å². The number of aromatic nitrogens is 1. The van der Waals surface area contributed by atoms with Crippen LogP contribution in [-0.2, 0) is 28.8 Å². The second-order valence-electron chi connectivity index (χ2n) is 14.4. The van der Waals surface area contributed by atoms with Crippen molar-refractivity contribution in [1.82, 2.24) is 45.5 Å². The summed E-state index contributed by atoms with van der Waals surface area (Å²) < 4.78 is 0. The van der Waals surface area contributed by atoms with Crippen LogP contribution in [0.2, 0.25) is 0 Å². The predicted molar refractivity (Wildman–Crippen MR) is 208 cm³/mol. The molecule has 0 saturated carbocycles. The van der Waals surface area contributed by atoms with E-state index in [-0.39, 0.29) is 119 Å². The number of rotatable bonds is 20. The summed E-state index contributed by atoms with van der Waals surface area (Å²) in [6.07, 6.45) is 4.36. The average molecular weight is 996 g/mol. The molecule has 1 radical (unpaired) electrons. The van der Waals surface area contributed by atoms with Gasteiger partial charge >= 0.3 is 25.0 Å². The van der Waals surface area contributed by atoms with E-state index in [0.29, 0.717) is 71.4 Å². The fraction of sp³-hybridized carbons (Fsp3) is 0.657. The first-order valence-electron chi connectivity index (χ1n) is 19.4. The van der Waals surface area contributed by atoms with Gasteiger partial charge in [-0.05, 0) is 44.7 Å². The SMILES string of the molecule is C[C@@H](NC(=O)c1ccc(NNC(=O)CCCCCNC(=O)CN2CCN(CC(=O)O)CCN(CC(=O)O)CCN(CC(=O)O)CC2)nc1)C(=O)N1CCC[C@H]1B(O)O.[Lu]. The number of amides is 4. The first-order valence-corrected chi connectivity index (χ1v) is 19.4. The molecule has 337 valence electrons. The van der Waals surface area contributed by atoms with Gasteiger partial charge in [0.05, 0.1) is 37.7 Å². The van der Waals surface area contributed by atoms with Gasteiger partial charge in [0.2, 0.25) is 17.7 Å².